The van der Waals surface area contributed by atoms with Crippen LogP contribution in [-0.2, 0) is 4.79 Å². The molecule has 4 heteroatoms. The van der Waals surface area contributed by atoms with E-state index in [1.165, 1.54) is 0 Å². The van der Waals surface area contributed by atoms with Crippen molar-refractivity contribution in [3.05, 3.63) is 0 Å². The summed E-state index contributed by atoms with van der Waals surface area (Å²) in [6.07, 6.45) is 5.10. The van der Waals surface area contributed by atoms with Crippen molar-refractivity contribution in [2.24, 2.45) is 0 Å². The first-order chi connectivity index (χ1) is 7.13. The van der Waals surface area contributed by atoms with E-state index in [1.54, 1.807) is 0 Å². The number of hydrogen-bond acceptors (Lipinski definition) is 3. The molecule has 0 aromatic heterocycles. The van der Waals surface area contributed by atoms with Gasteiger partial charge in [0.15, 0.2) is 0 Å². The Hall–Kier alpha value is -0.660. The van der Waals surface area contributed by atoms with Crippen LogP contribution in [0.3, 0.4) is 0 Å². The van der Waals surface area contributed by atoms with Crippen LogP contribution in [0.4, 0.5) is 0 Å². The number of terminal acetylenes is 1. The molecule has 1 N–H and O–H groups in total. The number of carbonyl (C=O) groups excluding carboxylic acids is 1. The van der Waals surface area contributed by atoms with Gasteiger partial charge < -0.3 is 4.90 Å². The zero-order valence-electron chi connectivity index (χ0n) is 9.32. The Kier molecular flexibility index (Phi) is 5.00. The topological polar surface area (TPSA) is 32.3 Å². The first kappa shape index (κ1) is 12.4. The third-order valence-corrected chi connectivity index (χ3v) is 3.50. The minimum Gasteiger partial charge on any atom is -0.339 e. The molecular weight excluding hydrogens is 208 g/mol. The molecule has 0 saturated carbocycles. The predicted molar refractivity (Wildman–Crippen MR) is 64.8 cm³/mol. The second-order valence-electron chi connectivity index (χ2n) is 3.86. The monoisotopic (exact) mass is 226 g/mol. The Morgan fingerprint density at radius 2 is 2.13 bits per heavy atom. The van der Waals surface area contributed by atoms with Crippen molar-refractivity contribution in [1.29, 1.82) is 0 Å². The third kappa shape index (κ3) is 4.15. The van der Waals surface area contributed by atoms with E-state index in [1.807, 2.05) is 16.7 Å². The number of hydrogen-bond donors (Lipinski definition) is 1. The highest BCUT2D eigenvalue weighted by atomic mass is 32.2. The van der Waals surface area contributed by atoms with Crippen molar-refractivity contribution in [3.63, 3.8) is 0 Å². The number of nitrogens with zero attached hydrogens (tertiary/aromatic N) is 1. The van der Waals surface area contributed by atoms with Crippen LogP contribution >= 0.6 is 11.8 Å². The molecule has 2 atom stereocenters. The van der Waals surface area contributed by atoms with Crippen LogP contribution in [0, 0.1) is 12.3 Å². The summed E-state index contributed by atoms with van der Waals surface area (Å²) in [5.41, 5.74) is 0. The van der Waals surface area contributed by atoms with Gasteiger partial charge in [0.1, 0.15) is 0 Å². The normalized spacial score (nSPS) is 26.1. The summed E-state index contributed by atoms with van der Waals surface area (Å²) in [6.45, 7) is 6.84. The molecule has 1 rings (SSSR count). The lowest BCUT2D eigenvalue weighted by Gasteiger charge is -2.34. The summed E-state index contributed by atoms with van der Waals surface area (Å²) in [5, 5.41) is 3.99. The minimum absolute atomic E-state index is 0.157. The quantitative estimate of drug-likeness (QED) is 0.564. The van der Waals surface area contributed by atoms with Gasteiger partial charge in [-0.05, 0) is 0 Å². The van der Waals surface area contributed by atoms with Gasteiger partial charge in [0.05, 0.1) is 13.1 Å². The van der Waals surface area contributed by atoms with Crippen LogP contribution in [0.2, 0.25) is 0 Å². The minimum atomic E-state index is 0.157. The molecule has 0 radical (unpaired) electrons. The summed E-state index contributed by atoms with van der Waals surface area (Å²) in [4.78, 5) is 13.7. The van der Waals surface area contributed by atoms with E-state index < -0.39 is 0 Å². The van der Waals surface area contributed by atoms with E-state index in [9.17, 15) is 4.79 Å². The SMILES string of the molecule is C#CCNCC(=O)N1CC(C)SC(C)C1. The van der Waals surface area contributed by atoms with Crippen LogP contribution in [0.5, 0.6) is 0 Å². The highest BCUT2D eigenvalue weighted by molar-refractivity contribution is 8.00. The first-order valence-electron chi connectivity index (χ1n) is 5.21. The number of rotatable bonds is 3. The summed E-state index contributed by atoms with van der Waals surface area (Å²) in [6, 6.07) is 0. The van der Waals surface area contributed by atoms with Gasteiger partial charge in [-0.15, -0.1) is 6.42 Å². The van der Waals surface area contributed by atoms with Gasteiger partial charge in [0, 0.05) is 23.6 Å². The molecule has 0 bridgehead atoms. The standard InChI is InChI=1S/C11H18N2OS/c1-4-5-12-6-11(14)13-7-9(2)15-10(3)8-13/h1,9-10,12H,5-8H2,2-3H3. The second kappa shape index (κ2) is 6.04. The van der Waals surface area contributed by atoms with E-state index in [0.29, 0.717) is 23.6 Å². The van der Waals surface area contributed by atoms with Crippen molar-refractivity contribution in [1.82, 2.24) is 10.2 Å². The fourth-order valence-electron chi connectivity index (χ4n) is 1.73. The van der Waals surface area contributed by atoms with E-state index in [0.717, 1.165) is 13.1 Å². The predicted octanol–water partition coefficient (Wildman–Crippen LogP) is 0.562. The van der Waals surface area contributed by atoms with E-state index in [2.05, 4.69) is 25.1 Å². The molecule has 0 aromatic carbocycles. The molecule has 0 spiro atoms. The van der Waals surface area contributed by atoms with Crippen LogP contribution in [-0.4, -0.2) is 47.5 Å². The third-order valence-electron chi connectivity index (χ3n) is 2.28. The zero-order chi connectivity index (χ0) is 11.3. The average molecular weight is 226 g/mol. The molecule has 1 aliphatic heterocycles. The molecule has 1 heterocycles. The molecule has 1 fully saturated rings. The van der Waals surface area contributed by atoms with Gasteiger partial charge in [-0.3, -0.25) is 10.1 Å². The van der Waals surface area contributed by atoms with Crippen molar-refractivity contribution >= 4 is 17.7 Å². The van der Waals surface area contributed by atoms with E-state index in [4.69, 9.17) is 6.42 Å². The Morgan fingerprint density at radius 3 is 2.67 bits per heavy atom. The number of amides is 1. The smallest absolute Gasteiger partial charge is 0.236 e. The lowest BCUT2D eigenvalue weighted by molar-refractivity contribution is -0.130. The van der Waals surface area contributed by atoms with Crippen LogP contribution in [0.25, 0.3) is 0 Å². The van der Waals surface area contributed by atoms with E-state index >= 15 is 0 Å². The summed E-state index contributed by atoms with van der Waals surface area (Å²) < 4.78 is 0. The molecule has 2 unspecified atom stereocenters. The molecule has 3 nitrogen and oxygen atoms in total. The van der Waals surface area contributed by atoms with Crippen molar-refractivity contribution in [2.75, 3.05) is 26.2 Å². The van der Waals surface area contributed by atoms with Crippen LogP contribution in [0.15, 0.2) is 0 Å². The fourth-order valence-corrected chi connectivity index (χ4v) is 3.06. The molecule has 1 amide bonds. The average Bonchev–Trinajstić information content (AvgIpc) is 2.16. The van der Waals surface area contributed by atoms with E-state index in [-0.39, 0.29) is 5.91 Å². The Labute approximate surface area is 96.0 Å². The highest BCUT2D eigenvalue weighted by Gasteiger charge is 2.25. The molecule has 0 aromatic rings. The van der Waals surface area contributed by atoms with Crippen molar-refractivity contribution in [3.8, 4) is 12.3 Å². The summed E-state index contributed by atoms with van der Waals surface area (Å²) in [7, 11) is 0. The molecule has 0 aliphatic carbocycles. The maximum atomic E-state index is 11.7. The van der Waals surface area contributed by atoms with Gasteiger partial charge in [-0.2, -0.15) is 11.8 Å². The van der Waals surface area contributed by atoms with Gasteiger partial charge in [-0.1, -0.05) is 19.8 Å². The molecule has 84 valence electrons. The van der Waals surface area contributed by atoms with Gasteiger partial charge in [0.2, 0.25) is 5.91 Å². The Balaban J connectivity index is 2.35. The largest absolute Gasteiger partial charge is 0.339 e. The molecule has 15 heavy (non-hydrogen) atoms. The Morgan fingerprint density at radius 1 is 1.53 bits per heavy atom. The van der Waals surface area contributed by atoms with Gasteiger partial charge in [-0.25, -0.2) is 0 Å². The maximum Gasteiger partial charge on any atom is 0.236 e. The summed E-state index contributed by atoms with van der Waals surface area (Å²) in [5.74, 6) is 2.61. The number of nitrogens with one attached hydrogen (secondary N) is 1. The summed E-state index contributed by atoms with van der Waals surface area (Å²) >= 11 is 1.94. The van der Waals surface area contributed by atoms with Crippen LogP contribution < -0.4 is 5.32 Å². The Bertz CT molecular complexity index is 252. The number of carbonyl (C=O) groups is 1. The molecule has 1 saturated heterocycles. The second-order valence-corrected chi connectivity index (χ2v) is 5.75. The van der Waals surface area contributed by atoms with Gasteiger partial charge >= 0.3 is 0 Å². The maximum absolute atomic E-state index is 11.7. The van der Waals surface area contributed by atoms with Gasteiger partial charge in [0.25, 0.3) is 0 Å². The highest BCUT2D eigenvalue weighted by Crippen LogP contribution is 2.24. The zero-order valence-corrected chi connectivity index (χ0v) is 10.1. The first-order valence-corrected chi connectivity index (χ1v) is 6.15. The van der Waals surface area contributed by atoms with Crippen LogP contribution in [0.1, 0.15) is 13.8 Å². The fraction of sp³-hybridized carbons (Fsp3) is 0.727. The molecule has 1 aliphatic rings. The lowest BCUT2D eigenvalue weighted by Crippen LogP contribution is -2.47. The lowest BCUT2D eigenvalue weighted by atomic mass is 10.3. The van der Waals surface area contributed by atoms with Crippen molar-refractivity contribution in [2.45, 2.75) is 24.3 Å². The number of thioether (sulfide) groups is 1. The van der Waals surface area contributed by atoms with Crippen molar-refractivity contribution < 1.29 is 4.79 Å². The molecular formula is C11H18N2OS.